The zero-order chi connectivity index (χ0) is 14.8. The molecule has 0 saturated heterocycles. The standard InChI is InChI=1S/C17H27NO2/c1-16(2,20-18(3)4)13-17(19)11-7-10-14-8-5-6-9-15(14)12-17/h5-6,8-9,19H,7,10-13H2,1-4H3. The number of aliphatic hydroxyl groups is 1. The molecule has 0 heterocycles. The molecule has 0 saturated carbocycles. The van der Waals surface area contributed by atoms with Crippen molar-refractivity contribution >= 4 is 0 Å². The number of nitrogens with zero attached hydrogens (tertiary/aromatic N) is 1. The SMILES string of the molecule is CN(C)OC(C)(C)CC1(O)CCCc2ccccc2C1. The molecule has 0 aliphatic heterocycles. The van der Waals surface area contributed by atoms with Crippen LogP contribution in [0.5, 0.6) is 0 Å². The summed E-state index contributed by atoms with van der Waals surface area (Å²) in [4.78, 5) is 5.81. The monoisotopic (exact) mass is 277 g/mol. The Morgan fingerprint density at radius 1 is 1.25 bits per heavy atom. The topological polar surface area (TPSA) is 32.7 Å². The molecule has 112 valence electrons. The van der Waals surface area contributed by atoms with Crippen LogP contribution in [0.25, 0.3) is 0 Å². The van der Waals surface area contributed by atoms with Crippen molar-refractivity contribution < 1.29 is 9.94 Å². The Balaban J connectivity index is 2.14. The van der Waals surface area contributed by atoms with Gasteiger partial charge in [-0.3, -0.25) is 4.84 Å². The molecule has 0 radical (unpaired) electrons. The molecule has 0 aromatic heterocycles. The van der Waals surface area contributed by atoms with Gasteiger partial charge in [-0.2, -0.15) is 5.06 Å². The summed E-state index contributed by atoms with van der Waals surface area (Å²) in [6, 6.07) is 8.47. The molecular formula is C17H27NO2. The minimum atomic E-state index is -0.674. The molecule has 0 fully saturated rings. The molecule has 1 unspecified atom stereocenters. The predicted octanol–water partition coefficient (Wildman–Crippen LogP) is 2.96. The van der Waals surface area contributed by atoms with E-state index in [-0.39, 0.29) is 5.60 Å². The maximum atomic E-state index is 11.0. The van der Waals surface area contributed by atoms with Crippen molar-refractivity contribution in [2.24, 2.45) is 0 Å². The van der Waals surface area contributed by atoms with Gasteiger partial charge in [0.2, 0.25) is 0 Å². The second kappa shape index (κ2) is 5.84. The summed E-state index contributed by atoms with van der Waals surface area (Å²) >= 11 is 0. The van der Waals surface area contributed by atoms with Crippen molar-refractivity contribution in [1.29, 1.82) is 0 Å². The second-order valence-electron chi connectivity index (χ2n) is 6.86. The summed E-state index contributed by atoms with van der Waals surface area (Å²) < 4.78 is 0. The fraction of sp³-hybridized carbons (Fsp3) is 0.647. The third kappa shape index (κ3) is 4.05. The number of rotatable bonds is 4. The largest absolute Gasteiger partial charge is 0.389 e. The van der Waals surface area contributed by atoms with E-state index in [1.54, 1.807) is 5.06 Å². The van der Waals surface area contributed by atoms with E-state index in [0.29, 0.717) is 6.42 Å². The number of aryl methyl sites for hydroxylation is 1. The van der Waals surface area contributed by atoms with E-state index >= 15 is 0 Å². The van der Waals surface area contributed by atoms with Crippen LogP contribution >= 0.6 is 0 Å². The van der Waals surface area contributed by atoms with Crippen LogP contribution < -0.4 is 0 Å². The molecule has 1 atom stereocenters. The quantitative estimate of drug-likeness (QED) is 0.678. The van der Waals surface area contributed by atoms with E-state index in [9.17, 15) is 5.11 Å². The van der Waals surface area contributed by atoms with Gasteiger partial charge in [-0.1, -0.05) is 24.3 Å². The Morgan fingerprint density at radius 2 is 1.90 bits per heavy atom. The first kappa shape index (κ1) is 15.5. The number of hydroxylamine groups is 2. The molecule has 1 aromatic rings. The average Bonchev–Trinajstić information content (AvgIpc) is 2.43. The Kier molecular flexibility index (Phi) is 4.52. The van der Waals surface area contributed by atoms with E-state index < -0.39 is 5.60 Å². The molecule has 3 heteroatoms. The van der Waals surface area contributed by atoms with E-state index in [2.05, 4.69) is 24.3 Å². The van der Waals surface area contributed by atoms with E-state index in [0.717, 1.165) is 25.7 Å². The lowest BCUT2D eigenvalue weighted by molar-refractivity contribution is -0.224. The Morgan fingerprint density at radius 3 is 2.55 bits per heavy atom. The van der Waals surface area contributed by atoms with Gasteiger partial charge in [0.15, 0.2) is 0 Å². The van der Waals surface area contributed by atoms with Gasteiger partial charge < -0.3 is 5.11 Å². The van der Waals surface area contributed by atoms with Crippen LogP contribution in [0.1, 0.15) is 44.2 Å². The summed E-state index contributed by atoms with van der Waals surface area (Å²) in [5.74, 6) is 0. The van der Waals surface area contributed by atoms with Gasteiger partial charge in [0, 0.05) is 26.9 Å². The third-order valence-corrected chi connectivity index (χ3v) is 3.91. The molecule has 0 amide bonds. The number of benzene rings is 1. The molecule has 2 rings (SSSR count). The highest BCUT2D eigenvalue weighted by Gasteiger charge is 2.37. The van der Waals surface area contributed by atoms with Crippen LogP contribution in [0.3, 0.4) is 0 Å². The summed E-state index contributed by atoms with van der Waals surface area (Å²) in [5.41, 5.74) is 1.63. The highest BCUT2D eigenvalue weighted by atomic mass is 16.7. The fourth-order valence-electron chi connectivity index (χ4n) is 3.49. The minimum absolute atomic E-state index is 0.364. The molecular weight excluding hydrogens is 250 g/mol. The summed E-state index contributed by atoms with van der Waals surface area (Å²) in [7, 11) is 3.77. The lowest BCUT2D eigenvalue weighted by Crippen LogP contribution is -2.43. The van der Waals surface area contributed by atoms with Gasteiger partial charge in [0.25, 0.3) is 0 Å². The Hall–Kier alpha value is -0.900. The summed E-state index contributed by atoms with van der Waals surface area (Å²) in [5, 5.41) is 12.8. The van der Waals surface area contributed by atoms with Crippen LogP contribution in [0.4, 0.5) is 0 Å². The van der Waals surface area contributed by atoms with Crippen molar-refractivity contribution in [1.82, 2.24) is 5.06 Å². The number of hydrogen-bond acceptors (Lipinski definition) is 3. The van der Waals surface area contributed by atoms with Crippen molar-refractivity contribution in [3.8, 4) is 0 Å². The maximum absolute atomic E-state index is 11.0. The number of hydrogen-bond donors (Lipinski definition) is 1. The van der Waals surface area contributed by atoms with Gasteiger partial charge in [0.1, 0.15) is 0 Å². The highest BCUT2D eigenvalue weighted by Crippen LogP contribution is 2.34. The zero-order valence-corrected chi connectivity index (χ0v) is 13.1. The zero-order valence-electron chi connectivity index (χ0n) is 13.1. The van der Waals surface area contributed by atoms with Crippen molar-refractivity contribution in [2.45, 2.75) is 57.2 Å². The first-order valence-electron chi connectivity index (χ1n) is 7.45. The van der Waals surface area contributed by atoms with Crippen LogP contribution in [-0.2, 0) is 17.7 Å². The molecule has 0 bridgehead atoms. The van der Waals surface area contributed by atoms with Crippen molar-refractivity contribution in [2.75, 3.05) is 14.1 Å². The van der Waals surface area contributed by atoms with Gasteiger partial charge in [-0.15, -0.1) is 0 Å². The number of fused-ring (bicyclic) bond motifs is 1. The maximum Gasteiger partial charge on any atom is 0.0871 e. The minimum Gasteiger partial charge on any atom is -0.389 e. The Bertz CT molecular complexity index is 456. The van der Waals surface area contributed by atoms with E-state index in [1.807, 2.05) is 27.9 Å². The normalized spacial score (nSPS) is 23.5. The molecule has 1 aliphatic carbocycles. The Labute approximate surface area is 122 Å². The molecule has 20 heavy (non-hydrogen) atoms. The lowest BCUT2D eigenvalue weighted by Gasteiger charge is -2.37. The van der Waals surface area contributed by atoms with E-state index in [1.165, 1.54) is 11.1 Å². The summed E-state index contributed by atoms with van der Waals surface area (Å²) in [6.45, 7) is 4.09. The van der Waals surface area contributed by atoms with Crippen LogP contribution in [-0.4, -0.2) is 35.5 Å². The van der Waals surface area contributed by atoms with Crippen LogP contribution in [0.2, 0.25) is 0 Å². The van der Waals surface area contributed by atoms with Crippen molar-refractivity contribution in [3.05, 3.63) is 35.4 Å². The lowest BCUT2D eigenvalue weighted by atomic mass is 9.82. The molecule has 0 spiro atoms. The van der Waals surface area contributed by atoms with E-state index in [4.69, 9.17) is 4.84 Å². The van der Waals surface area contributed by atoms with Gasteiger partial charge in [0.05, 0.1) is 11.2 Å². The van der Waals surface area contributed by atoms with Gasteiger partial charge in [-0.05, 0) is 44.2 Å². The third-order valence-electron chi connectivity index (χ3n) is 3.91. The average molecular weight is 277 g/mol. The predicted molar refractivity (Wildman–Crippen MR) is 81.5 cm³/mol. The summed E-state index contributed by atoms with van der Waals surface area (Å²) in [6.07, 6.45) is 4.30. The molecule has 1 aliphatic rings. The first-order chi connectivity index (χ1) is 9.30. The fourth-order valence-corrected chi connectivity index (χ4v) is 3.49. The molecule has 1 N–H and O–H groups in total. The van der Waals surface area contributed by atoms with Crippen LogP contribution in [0.15, 0.2) is 24.3 Å². The molecule has 1 aromatic carbocycles. The molecule has 3 nitrogen and oxygen atoms in total. The van der Waals surface area contributed by atoms with Crippen LogP contribution in [0, 0.1) is 0 Å². The van der Waals surface area contributed by atoms with Crippen molar-refractivity contribution in [3.63, 3.8) is 0 Å². The highest BCUT2D eigenvalue weighted by molar-refractivity contribution is 5.30. The first-order valence-corrected chi connectivity index (χ1v) is 7.45. The second-order valence-corrected chi connectivity index (χ2v) is 6.86. The van der Waals surface area contributed by atoms with Gasteiger partial charge in [-0.25, -0.2) is 0 Å². The smallest absolute Gasteiger partial charge is 0.0871 e. The van der Waals surface area contributed by atoms with Gasteiger partial charge >= 0.3 is 0 Å².